The van der Waals surface area contributed by atoms with Crippen LogP contribution in [0.1, 0.15) is 6.42 Å². The van der Waals surface area contributed by atoms with Gasteiger partial charge in [0.05, 0.1) is 26.4 Å². The van der Waals surface area contributed by atoms with E-state index in [4.69, 9.17) is 24.1 Å². The second-order valence-corrected chi connectivity index (χ2v) is 2.78. The maximum Gasteiger partial charge on any atom is 0.413 e. The average molecular weight is 176 g/mol. The minimum Gasteiger partial charge on any atom is -0.394 e. The predicted octanol–water partition coefficient (Wildman–Crippen LogP) is -0.558. The molecule has 0 aromatic rings. The standard InChI is InChI=1S/C7H12O5/c8-4-6-5-11-7(12-6)9-2-1-3-10-7/h6,8H,1-5H2. The van der Waals surface area contributed by atoms with Crippen LogP contribution in [0.5, 0.6) is 0 Å². The third-order valence-corrected chi connectivity index (χ3v) is 1.81. The first-order valence-corrected chi connectivity index (χ1v) is 4.05. The fourth-order valence-electron chi connectivity index (χ4n) is 1.20. The Morgan fingerprint density at radius 2 is 2.00 bits per heavy atom. The van der Waals surface area contributed by atoms with E-state index in [2.05, 4.69) is 0 Å². The highest BCUT2D eigenvalue weighted by Crippen LogP contribution is 2.29. The van der Waals surface area contributed by atoms with Crippen molar-refractivity contribution in [1.29, 1.82) is 0 Å². The molecule has 1 unspecified atom stereocenters. The normalized spacial score (nSPS) is 34.2. The summed E-state index contributed by atoms with van der Waals surface area (Å²) in [6.45, 7) is 1.38. The van der Waals surface area contributed by atoms with Gasteiger partial charge in [-0.3, -0.25) is 4.74 Å². The van der Waals surface area contributed by atoms with E-state index in [1.54, 1.807) is 0 Å². The van der Waals surface area contributed by atoms with E-state index in [1.807, 2.05) is 0 Å². The molecule has 1 spiro atoms. The molecule has 0 bridgehead atoms. The molecular formula is C7H12O5. The summed E-state index contributed by atoms with van der Waals surface area (Å²) in [6, 6.07) is 0. The van der Waals surface area contributed by atoms with Crippen LogP contribution in [-0.4, -0.2) is 43.8 Å². The highest BCUT2D eigenvalue weighted by atomic mass is 17.0. The zero-order valence-corrected chi connectivity index (χ0v) is 6.69. The summed E-state index contributed by atoms with van der Waals surface area (Å²) < 4.78 is 20.7. The van der Waals surface area contributed by atoms with Gasteiger partial charge in [0.2, 0.25) is 0 Å². The smallest absolute Gasteiger partial charge is 0.394 e. The molecule has 5 nitrogen and oxygen atoms in total. The van der Waals surface area contributed by atoms with Crippen molar-refractivity contribution in [2.75, 3.05) is 26.4 Å². The quantitative estimate of drug-likeness (QED) is 0.580. The highest BCUT2D eigenvalue weighted by molar-refractivity contribution is 4.65. The van der Waals surface area contributed by atoms with Gasteiger partial charge >= 0.3 is 6.16 Å². The summed E-state index contributed by atoms with van der Waals surface area (Å²) in [7, 11) is 0. The summed E-state index contributed by atoms with van der Waals surface area (Å²) in [5.41, 5.74) is 0. The molecule has 12 heavy (non-hydrogen) atoms. The van der Waals surface area contributed by atoms with Crippen LogP contribution in [0, 0.1) is 0 Å². The van der Waals surface area contributed by atoms with Crippen molar-refractivity contribution in [2.24, 2.45) is 0 Å². The fourth-order valence-corrected chi connectivity index (χ4v) is 1.20. The zero-order valence-electron chi connectivity index (χ0n) is 6.69. The van der Waals surface area contributed by atoms with Gasteiger partial charge in [-0.25, -0.2) is 0 Å². The van der Waals surface area contributed by atoms with Gasteiger partial charge in [-0.2, -0.15) is 0 Å². The Bertz CT molecular complexity index is 154. The van der Waals surface area contributed by atoms with Crippen molar-refractivity contribution >= 4 is 0 Å². The lowest BCUT2D eigenvalue weighted by atomic mass is 10.4. The monoisotopic (exact) mass is 176 g/mol. The van der Waals surface area contributed by atoms with Crippen LogP contribution in [-0.2, 0) is 18.9 Å². The van der Waals surface area contributed by atoms with E-state index in [9.17, 15) is 0 Å². The average Bonchev–Trinajstić information content (AvgIpc) is 2.50. The Balaban J connectivity index is 1.94. The van der Waals surface area contributed by atoms with E-state index in [0.29, 0.717) is 19.8 Å². The molecule has 0 aromatic heterocycles. The van der Waals surface area contributed by atoms with Gasteiger partial charge in [0.15, 0.2) is 0 Å². The molecule has 0 aliphatic carbocycles. The Morgan fingerprint density at radius 3 is 2.58 bits per heavy atom. The Kier molecular flexibility index (Phi) is 2.29. The summed E-state index contributed by atoms with van der Waals surface area (Å²) in [5.74, 6) is 0. The number of aliphatic hydroxyl groups excluding tert-OH is 1. The molecule has 2 rings (SSSR count). The van der Waals surface area contributed by atoms with Crippen molar-refractivity contribution < 1.29 is 24.1 Å². The third-order valence-electron chi connectivity index (χ3n) is 1.81. The number of hydrogen-bond donors (Lipinski definition) is 1. The minimum atomic E-state index is -1.31. The van der Waals surface area contributed by atoms with Crippen LogP contribution >= 0.6 is 0 Å². The van der Waals surface area contributed by atoms with Gasteiger partial charge in [0, 0.05) is 0 Å². The van der Waals surface area contributed by atoms with Crippen LogP contribution in [0.4, 0.5) is 0 Å². The first kappa shape index (κ1) is 8.40. The Hall–Kier alpha value is -0.200. The van der Waals surface area contributed by atoms with Gasteiger partial charge < -0.3 is 19.3 Å². The SMILES string of the molecule is OCC1COC2(OCCCO2)O1. The largest absolute Gasteiger partial charge is 0.413 e. The van der Waals surface area contributed by atoms with Crippen LogP contribution in [0.25, 0.3) is 0 Å². The molecule has 0 radical (unpaired) electrons. The Labute approximate surface area is 70.2 Å². The second kappa shape index (κ2) is 3.27. The van der Waals surface area contributed by atoms with E-state index in [-0.39, 0.29) is 12.7 Å². The molecule has 5 heteroatoms. The molecule has 0 aromatic carbocycles. The molecule has 2 heterocycles. The number of ether oxygens (including phenoxy) is 4. The topological polar surface area (TPSA) is 57.2 Å². The Morgan fingerprint density at radius 1 is 1.25 bits per heavy atom. The van der Waals surface area contributed by atoms with E-state index in [0.717, 1.165) is 6.42 Å². The highest BCUT2D eigenvalue weighted by Gasteiger charge is 2.46. The van der Waals surface area contributed by atoms with Gasteiger partial charge in [-0.15, -0.1) is 0 Å². The van der Waals surface area contributed by atoms with Crippen LogP contribution in [0.3, 0.4) is 0 Å². The van der Waals surface area contributed by atoms with Crippen molar-refractivity contribution in [3.8, 4) is 0 Å². The molecule has 0 saturated carbocycles. The summed E-state index contributed by atoms with van der Waals surface area (Å²) in [5, 5.41) is 8.76. The lowest BCUT2D eigenvalue weighted by Crippen LogP contribution is -2.42. The molecular weight excluding hydrogens is 164 g/mol. The number of hydrogen-bond acceptors (Lipinski definition) is 5. The van der Waals surface area contributed by atoms with Gasteiger partial charge in [-0.1, -0.05) is 0 Å². The van der Waals surface area contributed by atoms with Gasteiger partial charge in [-0.05, 0) is 6.42 Å². The lowest BCUT2D eigenvalue weighted by Gasteiger charge is -2.30. The first-order chi connectivity index (χ1) is 5.85. The fraction of sp³-hybridized carbons (Fsp3) is 1.00. The second-order valence-electron chi connectivity index (χ2n) is 2.78. The lowest BCUT2D eigenvalue weighted by molar-refractivity contribution is -0.482. The van der Waals surface area contributed by atoms with Crippen molar-refractivity contribution in [3.05, 3.63) is 0 Å². The van der Waals surface area contributed by atoms with Crippen LogP contribution in [0.2, 0.25) is 0 Å². The molecule has 1 atom stereocenters. The summed E-state index contributed by atoms with van der Waals surface area (Å²) in [4.78, 5) is 0. The minimum absolute atomic E-state index is 0.0749. The maximum absolute atomic E-state index is 8.76. The first-order valence-electron chi connectivity index (χ1n) is 4.05. The van der Waals surface area contributed by atoms with Crippen LogP contribution < -0.4 is 0 Å². The van der Waals surface area contributed by atoms with Crippen LogP contribution in [0.15, 0.2) is 0 Å². The van der Waals surface area contributed by atoms with E-state index in [1.165, 1.54) is 0 Å². The zero-order chi connectivity index (χ0) is 8.44. The van der Waals surface area contributed by atoms with Gasteiger partial charge in [0.1, 0.15) is 6.10 Å². The number of aliphatic hydroxyl groups is 1. The maximum atomic E-state index is 8.76. The molecule has 0 amide bonds. The van der Waals surface area contributed by atoms with Crippen molar-refractivity contribution in [2.45, 2.75) is 18.7 Å². The third kappa shape index (κ3) is 1.46. The van der Waals surface area contributed by atoms with E-state index < -0.39 is 6.16 Å². The molecule has 2 aliphatic heterocycles. The summed E-state index contributed by atoms with van der Waals surface area (Å²) in [6.07, 6.45) is -0.799. The summed E-state index contributed by atoms with van der Waals surface area (Å²) >= 11 is 0. The van der Waals surface area contributed by atoms with Crippen molar-refractivity contribution in [3.63, 3.8) is 0 Å². The van der Waals surface area contributed by atoms with Crippen molar-refractivity contribution in [1.82, 2.24) is 0 Å². The molecule has 2 aliphatic rings. The molecule has 2 fully saturated rings. The van der Waals surface area contributed by atoms with Gasteiger partial charge in [0.25, 0.3) is 0 Å². The molecule has 70 valence electrons. The molecule has 1 N–H and O–H groups in total. The molecule has 2 saturated heterocycles. The predicted molar refractivity (Wildman–Crippen MR) is 37.2 cm³/mol. The number of rotatable bonds is 1. The van der Waals surface area contributed by atoms with E-state index >= 15 is 0 Å².